The monoisotopic (exact) mass is 520 g/mol. The Labute approximate surface area is 207 Å². The fraction of sp³-hybridized carbons (Fsp3) is 0.435. The number of aromatic amines is 1. The number of carbonyl (C=O) groups excluding carboxylic acids is 1. The molecule has 1 amide bonds. The van der Waals surface area contributed by atoms with E-state index in [2.05, 4.69) is 22.2 Å². The van der Waals surface area contributed by atoms with Gasteiger partial charge in [0.25, 0.3) is 5.56 Å². The fourth-order valence-electron chi connectivity index (χ4n) is 3.99. The predicted octanol–water partition coefficient (Wildman–Crippen LogP) is 3.87. The first-order valence-corrected chi connectivity index (χ1v) is 14.3. The number of fused-ring (bicyclic) bond motifs is 3. The predicted molar refractivity (Wildman–Crippen MR) is 137 cm³/mol. The first-order chi connectivity index (χ1) is 16.1. The lowest BCUT2D eigenvalue weighted by molar-refractivity contribution is -0.115. The van der Waals surface area contributed by atoms with Crippen molar-refractivity contribution in [2.75, 3.05) is 19.4 Å². The second kappa shape index (κ2) is 9.80. The number of amides is 1. The Morgan fingerprint density at radius 3 is 2.68 bits per heavy atom. The number of nitrogens with one attached hydrogen (secondary N) is 2. The molecule has 1 aliphatic rings. The largest absolute Gasteiger partial charge is 0.325 e. The molecular formula is C23H28N4O4S3. The van der Waals surface area contributed by atoms with Gasteiger partial charge in [-0.05, 0) is 61.4 Å². The zero-order valence-corrected chi connectivity index (χ0v) is 22.0. The van der Waals surface area contributed by atoms with Gasteiger partial charge in [0, 0.05) is 24.7 Å². The summed E-state index contributed by atoms with van der Waals surface area (Å²) in [5.41, 5.74) is 1.49. The number of thioether (sulfide) groups is 1. The molecule has 2 aromatic heterocycles. The zero-order chi connectivity index (χ0) is 24.6. The summed E-state index contributed by atoms with van der Waals surface area (Å²) in [5.74, 6) is 0.372. The maximum absolute atomic E-state index is 12.9. The molecule has 2 N–H and O–H groups in total. The first kappa shape index (κ1) is 24.9. The summed E-state index contributed by atoms with van der Waals surface area (Å²) < 4.78 is 25.6. The summed E-state index contributed by atoms with van der Waals surface area (Å²) in [6.45, 7) is 4.12. The second-order valence-electron chi connectivity index (χ2n) is 8.72. The number of thiophene rings is 1. The Hall–Kier alpha value is -2.21. The van der Waals surface area contributed by atoms with Crippen LogP contribution in [0.4, 0.5) is 5.69 Å². The number of sulfonamides is 1. The molecular weight excluding hydrogens is 492 g/mol. The van der Waals surface area contributed by atoms with Crippen molar-refractivity contribution >= 4 is 54.9 Å². The quantitative estimate of drug-likeness (QED) is 0.361. The van der Waals surface area contributed by atoms with Gasteiger partial charge in [-0.1, -0.05) is 25.6 Å². The van der Waals surface area contributed by atoms with E-state index in [1.165, 1.54) is 42.9 Å². The number of hydrogen-bond donors (Lipinski definition) is 2. The highest BCUT2D eigenvalue weighted by atomic mass is 32.2. The lowest BCUT2D eigenvalue weighted by Crippen LogP contribution is -2.25. The summed E-state index contributed by atoms with van der Waals surface area (Å²) in [5, 5.41) is 3.49. The average Bonchev–Trinajstić information content (AvgIpc) is 3.15. The molecule has 11 heteroatoms. The van der Waals surface area contributed by atoms with Crippen LogP contribution in [-0.4, -0.2) is 47.9 Å². The Morgan fingerprint density at radius 2 is 2.03 bits per heavy atom. The highest BCUT2D eigenvalue weighted by Gasteiger charge is 2.25. The van der Waals surface area contributed by atoms with Gasteiger partial charge in [0.05, 0.1) is 15.5 Å². The third-order valence-corrected chi connectivity index (χ3v) is 10.2. The van der Waals surface area contributed by atoms with Crippen molar-refractivity contribution in [1.29, 1.82) is 0 Å². The molecule has 3 aromatic rings. The van der Waals surface area contributed by atoms with Crippen molar-refractivity contribution in [3.63, 3.8) is 0 Å². The Kier molecular flexibility index (Phi) is 7.18. The van der Waals surface area contributed by atoms with Crippen LogP contribution in [0.2, 0.25) is 0 Å². The van der Waals surface area contributed by atoms with Gasteiger partial charge in [0.15, 0.2) is 5.16 Å². The van der Waals surface area contributed by atoms with Gasteiger partial charge in [0.1, 0.15) is 4.83 Å². The molecule has 0 saturated carbocycles. The molecule has 34 heavy (non-hydrogen) atoms. The molecule has 0 radical (unpaired) electrons. The highest BCUT2D eigenvalue weighted by molar-refractivity contribution is 8.00. The third kappa shape index (κ3) is 4.93. The normalized spacial score (nSPS) is 17.0. The lowest BCUT2D eigenvalue weighted by Gasteiger charge is -2.17. The molecule has 0 aliphatic heterocycles. The van der Waals surface area contributed by atoms with Crippen molar-refractivity contribution in [2.45, 2.75) is 54.8 Å². The molecule has 0 saturated heterocycles. The van der Waals surface area contributed by atoms with E-state index in [9.17, 15) is 18.0 Å². The van der Waals surface area contributed by atoms with Crippen molar-refractivity contribution in [3.05, 3.63) is 45.1 Å². The van der Waals surface area contributed by atoms with Gasteiger partial charge in [-0.15, -0.1) is 11.3 Å². The van der Waals surface area contributed by atoms with E-state index >= 15 is 0 Å². The Bertz CT molecular complexity index is 1380. The number of aromatic nitrogens is 2. The van der Waals surface area contributed by atoms with Gasteiger partial charge in [-0.25, -0.2) is 17.7 Å². The number of anilines is 1. The van der Waals surface area contributed by atoms with E-state index in [0.717, 1.165) is 34.0 Å². The van der Waals surface area contributed by atoms with Crippen molar-refractivity contribution in [1.82, 2.24) is 14.3 Å². The number of carbonyl (C=O) groups is 1. The van der Waals surface area contributed by atoms with Gasteiger partial charge in [-0.3, -0.25) is 9.59 Å². The molecule has 2 unspecified atom stereocenters. The second-order valence-corrected chi connectivity index (χ2v) is 13.1. The fourth-order valence-corrected chi connectivity index (χ4v) is 7.23. The summed E-state index contributed by atoms with van der Waals surface area (Å²) in [7, 11) is -0.599. The number of hydrogen-bond acceptors (Lipinski definition) is 7. The molecule has 2 heterocycles. The third-order valence-electron chi connectivity index (χ3n) is 5.96. The van der Waals surface area contributed by atoms with Gasteiger partial charge >= 0.3 is 0 Å². The average molecular weight is 521 g/mol. The van der Waals surface area contributed by atoms with Crippen LogP contribution in [0.3, 0.4) is 0 Å². The summed E-state index contributed by atoms with van der Waals surface area (Å²) >= 11 is 2.81. The van der Waals surface area contributed by atoms with E-state index < -0.39 is 15.3 Å². The minimum absolute atomic E-state index is 0.146. The highest BCUT2D eigenvalue weighted by Crippen LogP contribution is 2.36. The standard InChI is InChI=1S/C23H28N4O4S3/c1-5-17(20(28)24-14-7-9-15(10-8-14)34(30,31)27(3)4)33-23-25-21(29)19-16-11-6-13(2)12-18(16)32-22(19)26-23/h7-10,13,17H,5-6,11-12H2,1-4H3,(H,24,28)(H,25,26,29). The minimum atomic E-state index is -3.54. The smallest absolute Gasteiger partial charge is 0.260 e. The topological polar surface area (TPSA) is 112 Å². The SMILES string of the molecule is CCC(Sc1nc2sc3c(c2c(=O)[nH]1)CCC(C)C3)C(=O)Nc1ccc(S(=O)(=O)N(C)C)cc1. The van der Waals surface area contributed by atoms with Crippen LogP contribution >= 0.6 is 23.1 Å². The minimum Gasteiger partial charge on any atom is -0.325 e. The number of nitrogens with zero attached hydrogens (tertiary/aromatic N) is 2. The van der Waals surface area contributed by atoms with Crippen LogP contribution in [-0.2, 0) is 27.7 Å². The molecule has 4 rings (SSSR count). The van der Waals surface area contributed by atoms with Gasteiger partial charge in [0.2, 0.25) is 15.9 Å². The van der Waals surface area contributed by atoms with Crippen molar-refractivity contribution < 1.29 is 13.2 Å². The van der Waals surface area contributed by atoms with Crippen LogP contribution in [0.1, 0.15) is 37.1 Å². The van der Waals surface area contributed by atoms with E-state index in [4.69, 9.17) is 0 Å². The van der Waals surface area contributed by atoms with Crippen LogP contribution in [0.5, 0.6) is 0 Å². The molecule has 0 fully saturated rings. The maximum Gasteiger partial charge on any atom is 0.260 e. The molecule has 8 nitrogen and oxygen atoms in total. The first-order valence-electron chi connectivity index (χ1n) is 11.1. The van der Waals surface area contributed by atoms with Gasteiger partial charge in [-0.2, -0.15) is 0 Å². The molecule has 2 atom stereocenters. The number of H-pyrrole nitrogens is 1. The number of aryl methyl sites for hydroxylation is 1. The summed E-state index contributed by atoms with van der Waals surface area (Å²) in [6.07, 6.45) is 3.49. The zero-order valence-electron chi connectivity index (χ0n) is 19.5. The van der Waals surface area contributed by atoms with Crippen LogP contribution in [0.25, 0.3) is 10.2 Å². The molecule has 1 aliphatic carbocycles. The van der Waals surface area contributed by atoms with Crippen molar-refractivity contribution in [2.24, 2.45) is 5.92 Å². The van der Waals surface area contributed by atoms with Crippen LogP contribution < -0.4 is 10.9 Å². The Morgan fingerprint density at radius 1 is 1.32 bits per heavy atom. The molecule has 0 bridgehead atoms. The number of benzene rings is 1. The summed E-state index contributed by atoms with van der Waals surface area (Å²) in [6, 6.07) is 6.06. The summed E-state index contributed by atoms with van der Waals surface area (Å²) in [4.78, 5) is 35.4. The van der Waals surface area contributed by atoms with E-state index in [1.54, 1.807) is 23.5 Å². The molecule has 1 aromatic carbocycles. The molecule has 0 spiro atoms. The molecule has 182 valence electrons. The van der Waals surface area contributed by atoms with E-state index in [0.29, 0.717) is 28.6 Å². The van der Waals surface area contributed by atoms with E-state index in [1.807, 2.05) is 6.92 Å². The Balaban J connectivity index is 1.51. The van der Waals surface area contributed by atoms with E-state index in [-0.39, 0.29) is 16.4 Å². The van der Waals surface area contributed by atoms with Crippen LogP contribution in [0.15, 0.2) is 39.1 Å². The lowest BCUT2D eigenvalue weighted by atomic mass is 9.89. The van der Waals surface area contributed by atoms with Crippen LogP contribution in [0, 0.1) is 5.92 Å². The number of rotatable bonds is 7. The van der Waals surface area contributed by atoms with Gasteiger partial charge < -0.3 is 10.3 Å². The van der Waals surface area contributed by atoms with Crippen molar-refractivity contribution in [3.8, 4) is 0 Å². The maximum atomic E-state index is 12.9.